The third-order valence-corrected chi connectivity index (χ3v) is 3.89. The number of aromatic nitrogens is 2. The van der Waals surface area contributed by atoms with E-state index in [0.717, 1.165) is 5.56 Å². The van der Waals surface area contributed by atoms with Crippen molar-refractivity contribution in [1.82, 2.24) is 15.3 Å². The predicted molar refractivity (Wildman–Crippen MR) is 88.6 cm³/mol. The molecule has 0 aliphatic heterocycles. The number of benzene rings is 1. The molecule has 0 saturated carbocycles. The van der Waals surface area contributed by atoms with Crippen molar-refractivity contribution in [2.75, 3.05) is 6.54 Å². The topological polar surface area (TPSA) is 54.9 Å². The average molecular weight is 338 g/mol. The first kappa shape index (κ1) is 16.7. The highest BCUT2D eigenvalue weighted by Gasteiger charge is 2.23. The molecule has 6 heteroatoms. The summed E-state index contributed by atoms with van der Waals surface area (Å²) in [4.78, 5) is 20.3. The molecule has 0 bridgehead atoms. The summed E-state index contributed by atoms with van der Waals surface area (Å²) in [7, 11) is 0. The molecule has 0 saturated heterocycles. The number of carbonyl (C=O) groups excluding carboxylic acids is 1. The number of hydrogen-bond donors (Lipinski definition) is 1. The summed E-state index contributed by atoms with van der Waals surface area (Å²) in [5.74, 6) is 0.189. The summed E-state index contributed by atoms with van der Waals surface area (Å²) in [5.41, 5.74) is 0.969. The molecule has 0 fully saturated rings. The number of nitrogens with zero attached hydrogens (tertiary/aromatic N) is 2. The Labute approximate surface area is 139 Å². The molecule has 0 atom stereocenters. The molecule has 0 aliphatic rings. The molecule has 0 unspecified atom stereocenters. The number of rotatable bonds is 4. The van der Waals surface area contributed by atoms with Crippen LogP contribution in [-0.2, 0) is 5.41 Å². The van der Waals surface area contributed by atoms with Crippen molar-refractivity contribution >= 4 is 29.1 Å². The third-order valence-electron chi connectivity index (χ3n) is 3.38. The summed E-state index contributed by atoms with van der Waals surface area (Å²) in [5, 5.41) is 3.78. The van der Waals surface area contributed by atoms with E-state index in [1.54, 1.807) is 6.92 Å². The van der Waals surface area contributed by atoms with Crippen LogP contribution in [0.1, 0.15) is 35.7 Å². The van der Waals surface area contributed by atoms with Crippen LogP contribution in [0.5, 0.6) is 0 Å². The van der Waals surface area contributed by atoms with Crippen molar-refractivity contribution in [3.05, 3.63) is 57.6 Å². The van der Waals surface area contributed by atoms with Gasteiger partial charge in [-0.2, -0.15) is 0 Å². The Kier molecular flexibility index (Phi) is 5.04. The maximum absolute atomic E-state index is 12.3. The van der Waals surface area contributed by atoms with Crippen LogP contribution in [0.2, 0.25) is 10.0 Å². The SMILES string of the molecule is Cc1ncc(Cl)c(C(=O)NCC(C)(C)c2cccc(Cl)c2)n1. The quantitative estimate of drug-likeness (QED) is 0.923. The zero-order valence-electron chi connectivity index (χ0n) is 12.7. The number of halogens is 2. The molecule has 1 aromatic carbocycles. The van der Waals surface area contributed by atoms with E-state index in [1.165, 1.54) is 6.20 Å². The second-order valence-electron chi connectivity index (χ2n) is 5.69. The van der Waals surface area contributed by atoms with Gasteiger partial charge in [-0.05, 0) is 24.6 Å². The van der Waals surface area contributed by atoms with Crippen LogP contribution >= 0.6 is 23.2 Å². The van der Waals surface area contributed by atoms with Crippen molar-refractivity contribution < 1.29 is 4.79 Å². The van der Waals surface area contributed by atoms with Crippen LogP contribution in [0.15, 0.2) is 30.5 Å². The Morgan fingerprint density at radius 2 is 2.05 bits per heavy atom. The van der Waals surface area contributed by atoms with Gasteiger partial charge in [0.05, 0.1) is 11.2 Å². The van der Waals surface area contributed by atoms with Gasteiger partial charge < -0.3 is 5.32 Å². The van der Waals surface area contributed by atoms with E-state index in [2.05, 4.69) is 15.3 Å². The highest BCUT2D eigenvalue weighted by molar-refractivity contribution is 6.33. The Morgan fingerprint density at radius 1 is 1.32 bits per heavy atom. The second-order valence-corrected chi connectivity index (χ2v) is 6.53. The lowest BCUT2D eigenvalue weighted by atomic mass is 9.84. The second kappa shape index (κ2) is 6.63. The molecule has 4 nitrogen and oxygen atoms in total. The van der Waals surface area contributed by atoms with Gasteiger partial charge in [-0.25, -0.2) is 9.97 Å². The maximum atomic E-state index is 12.3. The summed E-state index contributed by atoms with van der Waals surface area (Å²) in [6.45, 7) is 6.21. The Balaban J connectivity index is 2.11. The van der Waals surface area contributed by atoms with Crippen molar-refractivity contribution in [2.24, 2.45) is 0 Å². The fourth-order valence-corrected chi connectivity index (χ4v) is 2.38. The van der Waals surface area contributed by atoms with Gasteiger partial charge in [-0.15, -0.1) is 0 Å². The largest absolute Gasteiger partial charge is 0.350 e. The van der Waals surface area contributed by atoms with Gasteiger partial charge in [0.2, 0.25) is 0 Å². The van der Waals surface area contributed by atoms with Crippen LogP contribution < -0.4 is 5.32 Å². The first-order valence-electron chi connectivity index (χ1n) is 6.83. The first-order chi connectivity index (χ1) is 10.3. The molecule has 116 valence electrons. The molecule has 1 amide bonds. The van der Waals surface area contributed by atoms with Gasteiger partial charge >= 0.3 is 0 Å². The zero-order valence-corrected chi connectivity index (χ0v) is 14.2. The van der Waals surface area contributed by atoms with Crippen molar-refractivity contribution in [2.45, 2.75) is 26.2 Å². The van der Waals surface area contributed by atoms with Crippen LogP contribution in [0.3, 0.4) is 0 Å². The Bertz CT molecular complexity index is 702. The lowest BCUT2D eigenvalue weighted by molar-refractivity contribution is 0.0940. The molecule has 1 N–H and O–H groups in total. The number of hydrogen-bond acceptors (Lipinski definition) is 3. The number of carbonyl (C=O) groups is 1. The zero-order chi connectivity index (χ0) is 16.3. The summed E-state index contributed by atoms with van der Waals surface area (Å²) in [6, 6.07) is 7.60. The normalized spacial score (nSPS) is 11.3. The fourth-order valence-electron chi connectivity index (χ4n) is 2.01. The monoisotopic (exact) mass is 337 g/mol. The molecule has 2 aromatic rings. The van der Waals surface area contributed by atoms with E-state index in [9.17, 15) is 4.79 Å². The van der Waals surface area contributed by atoms with Gasteiger partial charge in [0.25, 0.3) is 5.91 Å². The van der Waals surface area contributed by atoms with E-state index in [0.29, 0.717) is 17.4 Å². The van der Waals surface area contributed by atoms with Gasteiger partial charge in [0.1, 0.15) is 11.5 Å². The average Bonchev–Trinajstić information content (AvgIpc) is 2.47. The minimum absolute atomic E-state index is 0.191. The van der Waals surface area contributed by atoms with Gasteiger partial charge in [0, 0.05) is 17.0 Å². The Hall–Kier alpha value is -1.65. The molecule has 22 heavy (non-hydrogen) atoms. The van der Waals surface area contributed by atoms with Gasteiger partial charge in [0.15, 0.2) is 0 Å². The Morgan fingerprint density at radius 3 is 2.73 bits per heavy atom. The van der Waals surface area contributed by atoms with Crippen LogP contribution in [-0.4, -0.2) is 22.4 Å². The molecule has 1 heterocycles. The predicted octanol–water partition coefficient (Wildman–Crippen LogP) is 3.80. The van der Waals surface area contributed by atoms with Crippen LogP contribution in [0.4, 0.5) is 0 Å². The highest BCUT2D eigenvalue weighted by atomic mass is 35.5. The van der Waals surface area contributed by atoms with Crippen LogP contribution in [0, 0.1) is 6.92 Å². The van der Waals surface area contributed by atoms with E-state index in [4.69, 9.17) is 23.2 Å². The summed E-state index contributed by atoms with van der Waals surface area (Å²) < 4.78 is 0. The lowest BCUT2D eigenvalue weighted by Gasteiger charge is -2.25. The van der Waals surface area contributed by atoms with Gasteiger partial charge in [-0.1, -0.05) is 49.2 Å². The van der Waals surface area contributed by atoms with Crippen molar-refractivity contribution in [3.63, 3.8) is 0 Å². The van der Waals surface area contributed by atoms with Gasteiger partial charge in [-0.3, -0.25) is 4.79 Å². The molecule has 0 radical (unpaired) electrons. The summed E-state index contributed by atoms with van der Waals surface area (Å²) in [6.07, 6.45) is 1.43. The summed E-state index contributed by atoms with van der Waals surface area (Å²) >= 11 is 12.0. The highest BCUT2D eigenvalue weighted by Crippen LogP contribution is 2.25. The molecular formula is C16H17Cl2N3O. The first-order valence-corrected chi connectivity index (χ1v) is 7.58. The molecule has 0 aliphatic carbocycles. The number of nitrogens with one attached hydrogen (secondary N) is 1. The van der Waals surface area contributed by atoms with E-state index in [-0.39, 0.29) is 22.0 Å². The minimum Gasteiger partial charge on any atom is -0.350 e. The number of aryl methyl sites for hydroxylation is 1. The molecular weight excluding hydrogens is 321 g/mol. The standard InChI is InChI=1S/C16H17Cl2N3O/c1-10-19-8-13(18)14(21-10)15(22)20-9-16(2,3)11-5-4-6-12(17)7-11/h4-8H,9H2,1-3H3,(H,20,22). The van der Waals surface area contributed by atoms with E-state index >= 15 is 0 Å². The lowest BCUT2D eigenvalue weighted by Crippen LogP contribution is -2.37. The van der Waals surface area contributed by atoms with Crippen molar-refractivity contribution in [1.29, 1.82) is 0 Å². The third kappa shape index (κ3) is 3.96. The van der Waals surface area contributed by atoms with E-state index in [1.807, 2.05) is 38.1 Å². The van der Waals surface area contributed by atoms with Crippen LogP contribution in [0.25, 0.3) is 0 Å². The molecule has 0 spiro atoms. The fraction of sp³-hybridized carbons (Fsp3) is 0.312. The minimum atomic E-state index is -0.314. The maximum Gasteiger partial charge on any atom is 0.271 e. The molecule has 2 rings (SSSR count). The number of amides is 1. The molecule has 1 aromatic heterocycles. The smallest absolute Gasteiger partial charge is 0.271 e. The van der Waals surface area contributed by atoms with Crippen molar-refractivity contribution in [3.8, 4) is 0 Å². The van der Waals surface area contributed by atoms with E-state index < -0.39 is 0 Å².